The van der Waals surface area contributed by atoms with Crippen LogP contribution in [0.3, 0.4) is 0 Å². The highest BCUT2D eigenvalue weighted by Gasteiger charge is 2.15. The summed E-state index contributed by atoms with van der Waals surface area (Å²) in [6.07, 6.45) is 3.40. The first-order valence-corrected chi connectivity index (χ1v) is 8.33. The number of morpholine rings is 1. The zero-order valence-corrected chi connectivity index (χ0v) is 14.2. The van der Waals surface area contributed by atoms with E-state index in [0.29, 0.717) is 24.7 Å². The number of ether oxygens (including phenoxy) is 1. The summed E-state index contributed by atoms with van der Waals surface area (Å²) in [7, 11) is 0. The van der Waals surface area contributed by atoms with Gasteiger partial charge in [0, 0.05) is 25.0 Å². The summed E-state index contributed by atoms with van der Waals surface area (Å²) in [5, 5.41) is 3.02. The lowest BCUT2D eigenvalue weighted by atomic mass is 10.0. The normalized spacial score (nSPS) is 14.7. The van der Waals surface area contributed by atoms with Gasteiger partial charge in [-0.05, 0) is 23.6 Å². The molecule has 1 aliphatic rings. The Morgan fingerprint density at radius 1 is 1.21 bits per heavy atom. The molecule has 0 spiro atoms. The average Bonchev–Trinajstić information content (AvgIpc) is 2.63. The number of hydrogen-bond acceptors (Lipinski definition) is 4. The van der Waals surface area contributed by atoms with E-state index in [1.807, 2.05) is 30.3 Å². The first-order chi connectivity index (χ1) is 11.6. The fraction of sp³-hybridized carbons (Fsp3) is 0.368. The van der Waals surface area contributed by atoms with Crippen LogP contribution in [0.5, 0.6) is 0 Å². The van der Waals surface area contributed by atoms with E-state index in [1.54, 1.807) is 12.4 Å². The van der Waals surface area contributed by atoms with Gasteiger partial charge in [-0.2, -0.15) is 0 Å². The van der Waals surface area contributed by atoms with Crippen LogP contribution in [0.2, 0.25) is 0 Å². The number of nitrogens with zero attached hydrogens (tertiary/aromatic N) is 2. The largest absolute Gasteiger partial charge is 0.378 e. The number of hydrogen-bond donors (Lipinski definition) is 1. The van der Waals surface area contributed by atoms with E-state index in [-0.39, 0.29) is 5.91 Å². The second-order valence-electron chi connectivity index (χ2n) is 6.23. The minimum absolute atomic E-state index is 0.134. The molecule has 0 unspecified atom stereocenters. The van der Waals surface area contributed by atoms with Crippen LogP contribution in [0.15, 0.2) is 42.7 Å². The van der Waals surface area contributed by atoms with Crippen molar-refractivity contribution in [3.05, 3.63) is 53.9 Å². The zero-order chi connectivity index (χ0) is 16.9. The Morgan fingerprint density at radius 2 is 1.96 bits per heavy atom. The van der Waals surface area contributed by atoms with E-state index in [1.165, 1.54) is 0 Å². The number of pyridine rings is 1. The Bertz CT molecular complexity index is 709. The van der Waals surface area contributed by atoms with Crippen molar-refractivity contribution in [2.75, 3.05) is 36.5 Å². The molecule has 1 aliphatic heterocycles. The molecule has 24 heavy (non-hydrogen) atoms. The monoisotopic (exact) mass is 325 g/mol. The van der Waals surface area contributed by atoms with E-state index in [4.69, 9.17) is 4.74 Å². The predicted molar refractivity (Wildman–Crippen MR) is 95.8 cm³/mol. The molecule has 1 N–H and O–H groups in total. The average molecular weight is 325 g/mol. The summed E-state index contributed by atoms with van der Waals surface area (Å²) in [5.74, 6) is 0.213. The number of rotatable bonds is 4. The number of anilines is 2. The maximum atomic E-state index is 12.6. The lowest BCUT2D eigenvalue weighted by Gasteiger charge is -2.28. The van der Waals surface area contributed by atoms with Crippen LogP contribution in [0.4, 0.5) is 11.4 Å². The number of amides is 1. The molecule has 126 valence electrons. The van der Waals surface area contributed by atoms with Crippen molar-refractivity contribution < 1.29 is 9.53 Å². The molecule has 2 aromatic rings. The third kappa shape index (κ3) is 3.74. The number of nitrogens with one attached hydrogen (secondary N) is 1. The molecule has 0 aliphatic carbocycles. The highest BCUT2D eigenvalue weighted by molar-refractivity contribution is 6.05. The molecular formula is C19H23N3O2. The number of carbonyl (C=O) groups is 1. The highest BCUT2D eigenvalue weighted by atomic mass is 16.5. The topological polar surface area (TPSA) is 54.5 Å². The molecule has 3 rings (SSSR count). The molecule has 0 bridgehead atoms. The van der Waals surface area contributed by atoms with Crippen molar-refractivity contribution in [1.29, 1.82) is 0 Å². The second kappa shape index (κ2) is 7.45. The molecule has 0 atom stereocenters. The molecule has 1 saturated heterocycles. The highest BCUT2D eigenvalue weighted by Crippen LogP contribution is 2.24. The number of para-hydroxylation sites is 1. The SMILES string of the molecule is CC(C)c1ccccc1NC(=O)c1cncc(N2CCOCC2)c1. The van der Waals surface area contributed by atoms with Crippen LogP contribution >= 0.6 is 0 Å². The molecule has 1 fully saturated rings. The second-order valence-corrected chi connectivity index (χ2v) is 6.23. The van der Waals surface area contributed by atoms with Gasteiger partial charge in [0.25, 0.3) is 5.91 Å². The van der Waals surface area contributed by atoms with Crippen molar-refractivity contribution >= 4 is 17.3 Å². The summed E-state index contributed by atoms with van der Waals surface area (Å²) in [6.45, 7) is 7.29. The van der Waals surface area contributed by atoms with E-state index in [2.05, 4.69) is 29.0 Å². The van der Waals surface area contributed by atoms with Crippen LogP contribution in [0.25, 0.3) is 0 Å². The lowest BCUT2D eigenvalue weighted by Crippen LogP contribution is -2.36. The molecule has 5 nitrogen and oxygen atoms in total. The quantitative estimate of drug-likeness (QED) is 0.937. The van der Waals surface area contributed by atoms with Crippen LogP contribution in [-0.2, 0) is 4.74 Å². The van der Waals surface area contributed by atoms with Gasteiger partial charge in [-0.25, -0.2) is 0 Å². The van der Waals surface area contributed by atoms with Crippen LogP contribution in [0, 0.1) is 0 Å². The van der Waals surface area contributed by atoms with E-state index < -0.39 is 0 Å². The van der Waals surface area contributed by atoms with Gasteiger partial charge in [0.15, 0.2) is 0 Å². The molecule has 1 aromatic carbocycles. The minimum atomic E-state index is -0.134. The van der Waals surface area contributed by atoms with Gasteiger partial charge in [-0.3, -0.25) is 9.78 Å². The Labute approximate surface area is 142 Å². The standard InChI is InChI=1S/C19H23N3O2/c1-14(2)17-5-3-4-6-18(17)21-19(23)15-11-16(13-20-12-15)22-7-9-24-10-8-22/h3-6,11-14H,7-10H2,1-2H3,(H,21,23). The maximum Gasteiger partial charge on any atom is 0.257 e. The fourth-order valence-corrected chi connectivity index (χ4v) is 2.86. The summed E-state index contributed by atoms with van der Waals surface area (Å²) in [4.78, 5) is 19.1. The van der Waals surface area contributed by atoms with Gasteiger partial charge >= 0.3 is 0 Å². The van der Waals surface area contributed by atoms with Crippen LogP contribution < -0.4 is 10.2 Å². The first-order valence-electron chi connectivity index (χ1n) is 8.33. The summed E-state index contributed by atoms with van der Waals surface area (Å²) >= 11 is 0. The number of aromatic nitrogens is 1. The smallest absolute Gasteiger partial charge is 0.257 e. The number of carbonyl (C=O) groups excluding carboxylic acids is 1. The van der Waals surface area contributed by atoms with E-state index >= 15 is 0 Å². The molecule has 1 amide bonds. The molecular weight excluding hydrogens is 302 g/mol. The first kappa shape index (κ1) is 16.5. The van der Waals surface area contributed by atoms with Gasteiger partial charge in [0.2, 0.25) is 0 Å². The van der Waals surface area contributed by atoms with Gasteiger partial charge in [0.1, 0.15) is 0 Å². The Hall–Kier alpha value is -2.40. The van der Waals surface area contributed by atoms with Gasteiger partial charge in [0.05, 0.1) is 30.7 Å². The van der Waals surface area contributed by atoms with Gasteiger partial charge < -0.3 is 15.0 Å². The van der Waals surface area contributed by atoms with Crippen molar-refractivity contribution in [2.45, 2.75) is 19.8 Å². The Kier molecular flexibility index (Phi) is 5.11. The Morgan fingerprint density at radius 3 is 2.71 bits per heavy atom. The molecule has 2 heterocycles. The molecule has 0 radical (unpaired) electrons. The van der Waals surface area contributed by atoms with Crippen molar-refractivity contribution in [1.82, 2.24) is 4.98 Å². The van der Waals surface area contributed by atoms with Crippen molar-refractivity contribution in [2.24, 2.45) is 0 Å². The minimum Gasteiger partial charge on any atom is -0.378 e. The van der Waals surface area contributed by atoms with Gasteiger partial charge in [-0.1, -0.05) is 32.0 Å². The van der Waals surface area contributed by atoms with Crippen LogP contribution in [0.1, 0.15) is 35.7 Å². The molecule has 5 heteroatoms. The zero-order valence-electron chi connectivity index (χ0n) is 14.2. The fourth-order valence-electron chi connectivity index (χ4n) is 2.86. The Balaban J connectivity index is 1.78. The summed E-state index contributed by atoms with van der Waals surface area (Å²) in [6, 6.07) is 9.80. The van der Waals surface area contributed by atoms with E-state index in [0.717, 1.165) is 30.0 Å². The van der Waals surface area contributed by atoms with Gasteiger partial charge in [-0.15, -0.1) is 0 Å². The molecule has 0 saturated carbocycles. The predicted octanol–water partition coefficient (Wildman–Crippen LogP) is 3.29. The third-order valence-corrected chi connectivity index (χ3v) is 4.19. The molecule has 1 aromatic heterocycles. The summed E-state index contributed by atoms with van der Waals surface area (Å²) < 4.78 is 5.37. The lowest BCUT2D eigenvalue weighted by molar-refractivity contribution is 0.102. The number of benzene rings is 1. The van der Waals surface area contributed by atoms with E-state index in [9.17, 15) is 4.79 Å². The maximum absolute atomic E-state index is 12.6. The van der Waals surface area contributed by atoms with Crippen molar-refractivity contribution in [3.63, 3.8) is 0 Å². The third-order valence-electron chi connectivity index (χ3n) is 4.19. The summed E-state index contributed by atoms with van der Waals surface area (Å²) in [5.41, 5.74) is 3.51. The van der Waals surface area contributed by atoms with Crippen molar-refractivity contribution in [3.8, 4) is 0 Å². The van der Waals surface area contributed by atoms with Crippen LogP contribution in [-0.4, -0.2) is 37.2 Å².